The minimum atomic E-state index is -0.365. The zero-order chi connectivity index (χ0) is 32.0. The first-order chi connectivity index (χ1) is 21.9. The summed E-state index contributed by atoms with van der Waals surface area (Å²) in [4.78, 5) is 33.7. The summed E-state index contributed by atoms with van der Waals surface area (Å²) >= 11 is 0. The molecule has 45 heavy (non-hydrogen) atoms. The van der Waals surface area contributed by atoms with E-state index in [0.717, 1.165) is 56.6 Å². The highest BCUT2D eigenvalue weighted by atomic mass is 16.5. The lowest BCUT2D eigenvalue weighted by Gasteiger charge is -2.46. The topological polar surface area (TPSA) is 65.1 Å². The number of ether oxygens (including phenoxy) is 1. The summed E-state index contributed by atoms with van der Waals surface area (Å²) in [5, 5.41) is 3.60. The SMILES string of the molecule is CCC(C)[C@H]1CN([C@@H](CCCCN(C)Cc2ccccc2)CNCc2ccccc2)C(=O)C(=O)N1CCc1ccc(OC)cc1. The van der Waals surface area contributed by atoms with Crippen LogP contribution in [0.25, 0.3) is 0 Å². The zero-order valence-electron chi connectivity index (χ0n) is 27.7. The van der Waals surface area contributed by atoms with E-state index in [1.165, 1.54) is 11.1 Å². The van der Waals surface area contributed by atoms with Crippen molar-refractivity contribution >= 4 is 11.8 Å². The van der Waals surface area contributed by atoms with Gasteiger partial charge in [0, 0.05) is 38.8 Å². The maximum absolute atomic E-state index is 13.8. The smallest absolute Gasteiger partial charge is 0.312 e. The van der Waals surface area contributed by atoms with E-state index in [9.17, 15) is 9.59 Å². The lowest BCUT2D eigenvalue weighted by Crippen LogP contribution is -2.64. The van der Waals surface area contributed by atoms with Crippen molar-refractivity contribution in [3.05, 3.63) is 102 Å². The molecule has 0 aliphatic carbocycles. The fourth-order valence-electron chi connectivity index (χ4n) is 6.25. The number of carbonyl (C=O) groups is 2. The minimum absolute atomic E-state index is 0.00734. The predicted octanol–water partition coefficient (Wildman–Crippen LogP) is 5.78. The lowest BCUT2D eigenvalue weighted by atomic mass is 9.92. The molecule has 7 nitrogen and oxygen atoms in total. The molecular weight excluding hydrogens is 560 g/mol. The molecule has 1 saturated heterocycles. The number of benzene rings is 3. The molecule has 0 spiro atoms. The Bertz CT molecular complexity index is 1300. The molecule has 3 aromatic rings. The van der Waals surface area contributed by atoms with Crippen molar-refractivity contribution < 1.29 is 14.3 Å². The Kier molecular flexibility index (Phi) is 13.5. The standard InChI is InChI=1S/C38H52N4O3/c1-5-30(2)36-29-42(38(44)37(43)41(36)25-23-31-19-21-35(45-4)22-20-31)34(27-39-26-32-14-8-6-9-15-32)18-12-13-24-40(3)28-33-16-10-7-11-17-33/h6-11,14-17,19-22,30,34,36,39H,5,12-13,18,23-29H2,1-4H3/t30?,34-,36+/m0/s1. The van der Waals surface area contributed by atoms with Crippen LogP contribution in [0.2, 0.25) is 0 Å². The molecule has 1 aliphatic heterocycles. The van der Waals surface area contributed by atoms with Crippen LogP contribution < -0.4 is 10.1 Å². The molecule has 0 radical (unpaired) electrons. The van der Waals surface area contributed by atoms with E-state index >= 15 is 0 Å². The highest BCUT2D eigenvalue weighted by molar-refractivity contribution is 6.35. The van der Waals surface area contributed by atoms with Crippen LogP contribution >= 0.6 is 0 Å². The summed E-state index contributed by atoms with van der Waals surface area (Å²) in [6, 6.07) is 28.8. The van der Waals surface area contributed by atoms with Gasteiger partial charge in [-0.3, -0.25) is 9.59 Å². The van der Waals surface area contributed by atoms with Gasteiger partial charge >= 0.3 is 11.8 Å². The van der Waals surface area contributed by atoms with E-state index in [1.54, 1.807) is 7.11 Å². The van der Waals surface area contributed by atoms with Crippen LogP contribution in [0.1, 0.15) is 56.2 Å². The number of amides is 2. The quantitative estimate of drug-likeness (QED) is 0.146. The van der Waals surface area contributed by atoms with Crippen molar-refractivity contribution in [2.45, 2.75) is 71.1 Å². The largest absolute Gasteiger partial charge is 0.497 e. The van der Waals surface area contributed by atoms with Gasteiger partial charge in [-0.25, -0.2) is 0 Å². The van der Waals surface area contributed by atoms with Gasteiger partial charge in [-0.05, 0) is 67.6 Å². The predicted molar refractivity (Wildman–Crippen MR) is 182 cm³/mol. The molecule has 1 unspecified atom stereocenters. The molecule has 1 aliphatic rings. The average Bonchev–Trinajstić information content (AvgIpc) is 3.07. The van der Waals surface area contributed by atoms with E-state index in [1.807, 2.05) is 58.3 Å². The summed E-state index contributed by atoms with van der Waals surface area (Å²) < 4.78 is 5.29. The molecule has 242 valence electrons. The van der Waals surface area contributed by atoms with Crippen LogP contribution in [0.15, 0.2) is 84.9 Å². The van der Waals surface area contributed by atoms with Crippen molar-refractivity contribution in [1.29, 1.82) is 0 Å². The number of hydrogen-bond donors (Lipinski definition) is 1. The summed E-state index contributed by atoms with van der Waals surface area (Å²) in [6.07, 6.45) is 4.54. The van der Waals surface area contributed by atoms with Crippen molar-refractivity contribution in [2.24, 2.45) is 5.92 Å². The summed E-state index contributed by atoms with van der Waals surface area (Å²) in [7, 11) is 3.82. The monoisotopic (exact) mass is 612 g/mol. The van der Waals surface area contributed by atoms with Crippen molar-refractivity contribution in [2.75, 3.05) is 40.3 Å². The minimum Gasteiger partial charge on any atom is -0.497 e. The number of piperazine rings is 1. The number of rotatable bonds is 18. The summed E-state index contributed by atoms with van der Waals surface area (Å²) in [6.45, 7) is 8.78. The van der Waals surface area contributed by atoms with Gasteiger partial charge in [0.2, 0.25) is 0 Å². The molecule has 1 fully saturated rings. The van der Waals surface area contributed by atoms with Gasteiger partial charge in [0.25, 0.3) is 0 Å². The van der Waals surface area contributed by atoms with Crippen LogP contribution in [-0.2, 0) is 29.1 Å². The van der Waals surface area contributed by atoms with E-state index in [0.29, 0.717) is 26.1 Å². The molecule has 0 aromatic heterocycles. The number of methoxy groups -OCH3 is 1. The van der Waals surface area contributed by atoms with Gasteiger partial charge in [0.15, 0.2) is 0 Å². The van der Waals surface area contributed by atoms with E-state index in [4.69, 9.17) is 4.74 Å². The summed E-state index contributed by atoms with van der Waals surface area (Å²) in [5.41, 5.74) is 3.65. The van der Waals surface area contributed by atoms with Crippen molar-refractivity contribution in [3.8, 4) is 5.75 Å². The molecule has 0 bridgehead atoms. The van der Waals surface area contributed by atoms with Crippen LogP contribution in [-0.4, -0.2) is 78.9 Å². The first kappa shape index (κ1) is 34.2. The average molecular weight is 613 g/mol. The molecule has 7 heteroatoms. The normalized spacial score (nSPS) is 16.7. The molecule has 1 heterocycles. The second-order valence-electron chi connectivity index (χ2n) is 12.5. The third kappa shape index (κ3) is 10.2. The van der Waals surface area contributed by atoms with Crippen molar-refractivity contribution in [1.82, 2.24) is 20.0 Å². The van der Waals surface area contributed by atoms with E-state index in [-0.39, 0.29) is 29.8 Å². The van der Waals surface area contributed by atoms with Gasteiger partial charge in [-0.2, -0.15) is 0 Å². The fourth-order valence-corrected chi connectivity index (χ4v) is 6.25. The Morgan fingerprint density at radius 2 is 1.56 bits per heavy atom. The number of hydrogen-bond acceptors (Lipinski definition) is 5. The second kappa shape index (κ2) is 17.7. The third-order valence-corrected chi connectivity index (χ3v) is 9.21. The van der Waals surface area contributed by atoms with Crippen LogP contribution in [0.4, 0.5) is 0 Å². The fraction of sp³-hybridized carbons (Fsp3) is 0.474. The Morgan fingerprint density at radius 1 is 0.889 bits per heavy atom. The maximum Gasteiger partial charge on any atom is 0.312 e. The number of unbranched alkanes of at least 4 members (excludes halogenated alkanes) is 1. The van der Waals surface area contributed by atoms with Gasteiger partial charge in [0.1, 0.15) is 5.75 Å². The van der Waals surface area contributed by atoms with Crippen LogP contribution in [0, 0.1) is 5.92 Å². The lowest BCUT2D eigenvalue weighted by molar-refractivity contribution is -0.162. The van der Waals surface area contributed by atoms with Crippen LogP contribution in [0.5, 0.6) is 5.75 Å². The molecular formula is C38H52N4O3. The van der Waals surface area contributed by atoms with Crippen molar-refractivity contribution in [3.63, 3.8) is 0 Å². The second-order valence-corrected chi connectivity index (χ2v) is 12.5. The Hall–Kier alpha value is -3.68. The van der Waals surface area contributed by atoms with E-state index in [2.05, 4.69) is 67.5 Å². The molecule has 1 N–H and O–H groups in total. The Labute approximate surface area is 270 Å². The Morgan fingerprint density at radius 3 is 2.20 bits per heavy atom. The van der Waals surface area contributed by atoms with Crippen LogP contribution in [0.3, 0.4) is 0 Å². The highest BCUT2D eigenvalue weighted by Crippen LogP contribution is 2.25. The molecule has 4 rings (SSSR count). The number of nitrogens with zero attached hydrogens (tertiary/aromatic N) is 3. The van der Waals surface area contributed by atoms with E-state index < -0.39 is 0 Å². The van der Waals surface area contributed by atoms with Gasteiger partial charge < -0.3 is 24.8 Å². The molecule has 3 atom stereocenters. The van der Waals surface area contributed by atoms with Gasteiger partial charge in [-0.15, -0.1) is 0 Å². The maximum atomic E-state index is 13.8. The highest BCUT2D eigenvalue weighted by Gasteiger charge is 2.42. The van der Waals surface area contributed by atoms with Gasteiger partial charge in [0.05, 0.1) is 13.2 Å². The first-order valence-corrected chi connectivity index (χ1v) is 16.6. The zero-order valence-corrected chi connectivity index (χ0v) is 27.7. The Balaban J connectivity index is 1.41. The summed E-state index contributed by atoms with van der Waals surface area (Å²) in [5.74, 6) is 0.364. The molecule has 3 aromatic carbocycles. The van der Waals surface area contributed by atoms with Gasteiger partial charge in [-0.1, -0.05) is 99.5 Å². The molecule has 2 amide bonds. The first-order valence-electron chi connectivity index (χ1n) is 16.6. The number of carbonyl (C=O) groups excluding carboxylic acids is 2. The molecule has 0 saturated carbocycles. The third-order valence-electron chi connectivity index (χ3n) is 9.21. The number of nitrogens with one attached hydrogen (secondary N) is 1.